The van der Waals surface area contributed by atoms with Crippen LogP contribution in [0.5, 0.6) is 5.75 Å². The van der Waals surface area contributed by atoms with Crippen LogP contribution in [0.4, 0.5) is 0 Å². The first-order valence-corrected chi connectivity index (χ1v) is 8.05. The predicted octanol–water partition coefficient (Wildman–Crippen LogP) is 2.86. The zero-order valence-electron chi connectivity index (χ0n) is 13.7. The molecule has 25 heavy (non-hydrogen) atoms. The first-order valence-electron chi connectivity index (χ1n) is 7.67. The van der Waals surface area contributed by atoms with E-state index >= 15 is 0 Å². The standard InChI is InChI=1S/C18H16ClNO5/c1-3-23-17(21)15-13(10-6-4-5-7-11(10)19)14-12(25-16(15)20)8-9(2)24-18(14)22/h4-8,13H,3,20H2,1-2H3/t13-/m1/s1. The Balaban J connectivity index is 2.30. The van der Waals surface area contributed by atoms with Gasteiger partial charge in [-0.25, -0.2) is 9.59 Å². The first-order chi connectivity index (χ1) is 11.9. The van der Waals surface area contributed by atoms with E-state index in [1.165, 1.54) is 0 Å². The topological polar surface area (TPSA) is 91.8 Å². The number of ether oxygens (including phenoxy) is 2. The SMILES string of the molecule is CCOC(=O)C1=C(N)Oc2cc(C)oc(=O)c2[C@H]1c1ccccc1Cl. The summed E-state index contributed by atoms with van der Waals surface area (Å²) < 4.78 is 15.8. The van der Waals surface area contributed by atoms with Gasteiger partial charge >= 0.3 is 11.6 Å². The molecule has 1 aliphatic rings. The number of fused-ring (bicyclic) bond motifs is 1. The fourth-order valence-electron chi connectivity index (χ4n) is 2.85. The molecule has 0 unspecified atom stereocenters. The molecule has 0 amide bonds. The highest BCUT2D eigenvalue weighted by atomic mass is 35.5. The minimum absolute atomic E-state index is 0.0265. The van der Waals surface area contributed by atoms with Gasteiger partial charge in [-0.3, -0.25) is 0 Å². The smallest absolute Gasteiger partial charge is 0.343 e. The summed E-state index contributed by atoms with van der Waals surface area (Å²) in [6.45, 7) is 3.45. The monoisotopic (exact) mass is 361 g/mol. The zero-order valence-corrected chi connectivity index (χ0v) is 14.4. The average molecular weight is 362 g/mol. The highest BCUT2D eigenvalue weighted by molar-refractivity contribution is 6.31. The molecule has 3 rings (SSSR count). The summed E-state index contributed by atoms with van der Waals surface area (Å²) in [5.74, 6) is -1.02. The van der Waals surface area contributed by atoms with Gasteiger partial charge in [0.1, 0.15) is 17.1 Å². The second-order valence-electron chi connectivity index (χ2n) is 5.48. The van der Waals surface area contributed by atoms with Crippen molar-refractivity contribution in [3.05, 3.63) is 74.1 Å². The predicted molar refractivity (Wildman–Crippen MR) is 91.5 cm³/mol. The normalized spacial score (nSPS) is 16.2. The largest absolute Gasteiger partial charge is 0.462 e. The molecule has 1 aromatic heterocycles. The van der Waals surface area contributed by atoms with Crippen molar-refractivity contribution in [1.29, 1.82) is 0 Å². The lowest BCUT2D eigenvalue weighted by atomic mass is 9.83. The van der Waals surface area contributed by atoms with Gasteiger partial charge in [0.25, 0.3) is 0 Å². The van der Waals surface area contributed by atoms with Crippen LogP contribution in [-0.4, -0.2) is 12.6 Å². The van der Waals surface area contributed by atoms with Crippen LogP contribution in [0, 0.1) is 6.92 Å². The molecule has 6 nitrogen and oxygen atoms in total. The first kappa shape index (κ1) is 17.1. The van der Waals surface area contributed by atoms with E-state index < -0.39 is 17.5 Å². The van der Waals surface area contributed by atoms with Gasteiger partial charge in [0, 0.05) is 11.1 Å². The van der Waals surface area contributed by atoms with Crippen LogP contribution in [0.25, 0.3) is 0 Å². The van der Waals surface area contributed by atoms with Gasteiger partial charge in [-0.05, 0) is 25.5 Å². The third-order valence-corrected chi connectivity index (χ3v) is 4.19. The maximum Gasteiger partial charge on any atom is 0.343 e. The molecule has 1 aliphatic heterocycles. The van der Waals surface area contributed by atoms with E-state index in [1.54, 1.807) is 44.2 Å². The lowest BCUT2D eigenvalue weighted by Crippen LogP contribution is -2.31. The number of carbonyl (C=O) groups excluding carboxylic acids is 1. The molecule has 0 saturated heterocycles. The number of rotatable bonds is 3. The van der Waals surface area contributed by atoms with Crippen molar-refractivity contribution in [2.24, 2.45) is 5.73 Å². The highest BCUT2D eigenvalue weighted by Crippen LogP contribution is 2.43. The van der Waals surface area contributed by atoms with Crippen molar-refractivity contribution in [3.8, 4) is 5.75 Å². The van der Waals surface area contributed by atoms with Crippen molar-refractivity contribution < 1.29 is 18.7 Å². The van der Waals surface area contributed by atoms with E-state index in [0.29, 0.717) is 16.3 Å². The molecule has 0 bridgehead atoms. The van der Waals surface area contributed by atoms with Crippen LogP contribution in [-0.2, 0) is 9.53 Å². The van der Waals surface area contributed by atoms with Crippen LogP contribution in [0.15, 0.2) is 51.0 Å². The molecular weight excluding hydrogens is 346 g/mol. The van der Waals surface area contributed by atoms with Crippen LogP contribution >= 0.6 is 11.6 Å². The van der Waals surface area contributed by atoms with Crippen molar-refractivity contribution in [1.82, 2.24) is 0 Å². The van der Waals surface area contributed by atoms with E-state index in [9.17, 15) is 9.59 Å². The number of nitrogens with two attached hydrogens (primary N) is 1. The third-order valence-electron chi connectivity index (χ3n) is 3.85. The number of benzene rings is 1. The number of carbonyl (C=O) groups is 1. The molecular formula is C18H16ClNO5. The summed E-state index contributed by atoms with van der Waals surface area (Å²) >= 11 is 6.31. The lowest BCUT2D eigenvalue weighted by Gasteiger charge is -2.27. The molecule has 1 atom stereocenters. The summed E-state index contributed by atoms with van der Waals surface area (Å²) in [6.07, 6.45) is 0. The summed E-state index contributed by atoms with van der Waals surface area (Å²) in [6, 6.07) is 8.44. The zero-order chi connectivity index (χ0) is 18.1. The van der Waals surface area contributed by atoms with Crippen molar-refractivity contribution in [2.45, 2.75) is 19.8 Å². The highest BCUT2D eigenvalue weighted by Gasteiger charge is 2.39. The van der Waals surface area contributed by atoms with Crippen LogP contribution in [0.1, 0.15) is 29.7 Å². The Hall–Kier alpha value is -2.73. The number of esters is 1. The molecule has 0 aliphatic carbocycles. The van der Waals surface area contributed by atoms with Crippen molar-refractivity contribution in [3.63, 3.8) is 0 Å². The quantitative estimate of drug-likeness (QED) is 0.845. The fraction of sp³-hybridized carbons (Fsp3) is 0.222. The number of hydrogen-bond acceptors (Lipinski definition) is 6. The Morgan fingerprint density at radius 3 is 2.76 bits per heavy atom. The van der Waals surface area contributed by atoms with Crippen molar-refractivity contribution in [2.75, 3.05) is 6.61 Å². The summed E-state index contributed by atoms with van der Waals surface area (Å²) in [5, 5.41) is 0.384. The van der Waals surface area contributed by atoms with Crippen LogP contribution < -0.4 is 16.1 Å². The maximum absolute atomic E-state index is 12.5. The molecule has 2 aromatic rings. The van der Waals surface area contributed by atoms with Gasteiger partial charge in [-0.1, -0.05) is 29.8 Å². The summed E-state index contributed by atoms with van der Waals surface area (Å²) in [7, 11) is 0. The minimum Gasteiger partial charge on any atom is -0.462 e. The number of hydrogen-bond donors (Lipinski definition) is 1. The van der Waals surface area contributed by atoms with Gasteiger partial charge in [-0.2, -0.15) is 0 Å². The van der Waals surface area contributed by atoms with Gasteiger partial charge in [0.15, 0.2) is 0 Å². The van der Waals surface area contributed by atoms with Gasteiger partial charge in [0.2, 0.25) is 5.88 Å². The Morgan fingerprint density at radius 1 is 1.36 bits per heavy atom. The van der Waals surface area contributed by atoms with Gasteiger partial charge in [0.05, 0.1) is 18.1 Å². The van der Waals surface area contributed by atoms with E-state index in [0.717, 1.165) is 0 Å². The number of halogens is 1. The van der Waals surface area contributed by atoms with E-state index in [1.807, 2.05) is 0 Å². The fourth-order valence-corrected chi connectivity index (χ4v) is 3.09. The Labute approximate surface area is 148 Å². The molecule has 0 radical (unpaired) electrons. The molecule has 7 heteroatoms. The average Bonchev–Trinajstić information content (AvgIpc) is 2.53. The van der Waals surface area contributed by atoms with Crippen LogP contribution in [0.3, 0.4) is 0 Å². The van der Waals surface area contributed by atoms with E-state index in [2.05, 4.69) is 0 Å². The van der Waals surface area contributed by atoms with E-state index in [-0.39, 0.29) is 29.4 Å². The maximum atomic E-state index is 12.5. The molecule has 0 fully saturated rings. The van der Waals surface area contributed by atoms with E-state index in [4.69, 9.17) is 31.2 Å². The molecule has 130 valence electrons. The Morgan fingerprint density at radius 2 is 2.08 bits per heavy atom. The molecule has 1 aromatic carbocycles. The van der Waals surface area contributed by atoms with Crippen molar-refractivity contribution >= 4 is 17.6 Å². The summed E-state index contributed by atoms with van der Waals surface area (Å²) in [5.41, 5.74) is 6.09. The minimum atomic E-state index is -0.839. The third kappa shape index (κ3) is 3.00. The Kier molecular flexibility index (Phi) is 4.55. The summed E-state index contributed by atoms with van der Waals surface area (Å²) in [4.78, 5) is 25.0. The second-order valence-corrected chi connectivity index (χ2v) is 5.88. The number of aryl methyl sites for hydroxylation is 1. The van der Waals surface area contributed by atoms with Gasteiger partial charge < -0.3 is 19.6 Å². The lowest BCUT2D eigenvalue weighted by molar-refractivity contribution is -0.139. The second kappa shape index (κ2) is 6.64. The Bertz CT molecular complexity index is 931. The molecule has 2 heterocycles. The van der Waals surface area contributed by atoms with Crippen LogP contribution in [0.2, 0.25) is 5.02 Å². The van der Waals surface area contributed by atoms with Gasteiger partial charge in [-0.15, -0.1) is 0 Å². The molecule has 0 spiro atoms. The molecule has 0 saturated carbocycles. The molecule has 2 N–H and O–H groups in total.